The van der Waals surface area contributed by atoms with Crippen molar-refractivity contribution in [2.45, 2.75) is 18.6 Å². The van der Waals surface area contributed by atoms with E-state index in [0.717, 1.165) is 5.56 Å². The van der Waals surface area contributed by atoms with Crippen LogP contribution >= 0.6 is 0 Å². The van der Waals surface area contributed by atoms with Gasteiger partial charge >= 0.3 is 0 Å². The molecule has 6 nitrogen and oxygen atoms in total. The van der Waals surface area contributed by atoms with Gasteiger partial charge in [-0.2, -0.15) is 0 Å². The highest BCUT2D eigenvalue weighted by Crippen LogP contribution is 2.30. The van der Waals surface area contributed by atoms with Crippen molar-refractivity contribution in [2.75, 3.05) is 18.4 Å². The number of carbonyl (C=O) groups is 1. The average Bonchev–Trinajstić information content (AvgIpc) is 2.81. The van der Waals surface area contributed by atoms with Crippen LogP contribution in [0.15, 0.2) is 84.9 Å². The standard InChI is InChI=1S/C25H26N2O4S/c28-25(26-23-15-7-8-16-24(23)31-22-13-5-2-6-14-22)21-12-9-17-27(18-21)32(29,30)19-20-10-3-1-4-11-20/h1-8,10-11,13-16,21H,9,12,17-19H2,(H,26,28). The number of rotatable bonds is 7. The van der Waals surface area contributed by atoms with Crippen LogP contribution in [0, 0.1) is 5.92 Å². The Labute approximate surface area is 188 Å². The summed E-state index contributed by atoms with van der Waals surface area (Å²) in [6, 6.07) is 25.7. The smallest absolute Gasteiger partial charge is 0.228 e. The number of piperidine rings is 1. The van der Waals surface area contributed by atoms with Crippen molar-refractivity contribution in [3.63, 3.8) is 0 Å². The molecule has 1 amide bonds. The molecule has 32 heavy (non-hydrogen) atoms. The summed E-state index contributed by atoms with van der Waals surface area (Å²) in [5.41, 5.74) is 1.30. The van der Waals surface area contributed by atoms with Crippen molar-refractivity contribution >= 4 is 21.6 Å². The Kier molecular flexibility index (Phi) is 6.87. The van der Waals surface area contributed by atoms with Gasteiger partial charge in [-0.3, -0.25) is 4.79 Å². The van der Waals surface area contributed by atoms with E-state index in [1.54, 1.807) is 24.3 Å². The molecule has 0 spiro atoms. The van der Waals surface area contributed by atoms with E-state index in [9.17, 15) is 13.2 Å². The Balaban J connectivity index is 1.43. The number of nitrogens with one attached hydrogen (secondary N) is 1. The largest absolute Gasteiger partial charge is 0.455 e. The number of para-hydroxylation sites is 3. The molecule has 1 aliphatic rings. The monoisotopic (exact) mass is 450 g/mol. The van der Waals surface area contributed by atoms with Gasteiger partial charge in [0.15, 0.2) is 5.75 Å². The van der Waals surface area contributed by atoms with Crippen molar-refractivity contribution in [1.29, 1.82) is 0 Å². The zero-order chi connectivity index (χ0) is 22.4. The predicted octanol–water partition coefficient (Wildman–Crippen LogP) is 4.66. The molecule has 4 rings (SSSR count). The van der Waals surface area contributed by atoms with Crippen LogP contribution < -0.4 is 10.1 Å². The molecule has 3 aromatic rings. The number of benzene rings is 3. The lowest BCUT2D eigenvalue weighted by molar-refractivity contribution is -0.120. The molecular formula is C25H26N2O4S. The molecule has 0 saturated carbocycles. The van der Waals surface area contributed by atoms with Gasteiger partial charge in [0, 0.05) is 13.1 Å². The minimum absolute atomic E-state index is 0.0596. The van der Waals surface area contributed by atoms with Gasteiger partial charge in [-0.25, -0.2) is 12.7 Å². The molecule has 1 N–H and O–H groups in total. The van der Waals surface area contributed by atoms with E-state index in [1.807, 2.05) is 60.7 Å². The number of amides is 1. The number of ether oxygens (including phenoxy) is 1. The number of carbonyl (C=O) groups excluding carboxylic acids is 1. The van der Waals surface area contributed by atoms with Crippen LogP contribution in [0.3, 0.4) is 0 Å². The molecule has 0 aliphatic carbocycles. The lowest BCUT2D eigenvalue weighted by Crippen LogP contribution is -2.44. The molecule has 1 aliphatic heterocycles. The fraction of sp³-hybridized carbons (Fsp3) is 0.240. The van der Waals surface area contributed by atoms with Crippen LogP contribution in [0.5, 0.6) is 11.5 Å². The highest BCUT2D eigenvalue weighted by atomic mass is 32.2. The second-order valence-electron chi connectivity index (χ2n) is 7.84. The van der Waals surface area contributed by atoms with Crippen LogP contribution in [0.25, 0.3) is 0 Å². The van der Waals surface area contributed by atoms with Gasteiger partial charge in [-0.15, -0.1) is 0 Å². The number of hydrogen-bond donors (Lipinski definition) is 1. The van der Waals surface area contributed by atoms with Crippen LogP contribution in [-0.4, -0.2) is 31.7 Å². The Morgan fingerprint density at radius 1 is 0.938 bits per heavy atom. The van der Waals surface area contributed by atoms with Gasteiger partial charge in [0.2, 0.25) is 15.9 Å². The highest BCUT2D eigenvalue weighted by Gasteiger charge is 2.32. The summed E-state index contributed by atoms with van der Waals surface area (Å²) in [7, 11) is -3.50. The first-order valence-electron chi connectivity index (χ1n) is 10.7. The molecule has 166 valence electrons. The summed E-state index contributed by atoms with van der Waals surface area (Å²) in [5, 5.41) is 2.94. The topological polar surface area (TPSA) is 75.7 Å². The first-order valence-corrected chi connectivity index (χ1v) is 12.3. The van der Waals surface area contributed by atoms with Gasteiger partial charge in [-0.1, -0.05) is 60.7 Å². The van der Waals surface area contributed by atoms with E-state index in [2.05, 4.69) is 5.32 Å². The lowest BCUT2D eigenvalue weighted by Gasteiger charge is -2.31. The van der Waals surface area contributed by atoms with Crippen molar-refractivity contribution < 1.29 is 17.9 Å². The quantitative estimate of drug-likeness (QED) is 0.568. The number of nitrogens with zero attached hydrogens (tertiary/aromatic N) is 1. The van der Waals surface area contributed by atoms with E-state index in [-0.39, 0.29) is 18.2 Å². The van der Waals surface area contributed by atoms with Gasteiger partial charge in [0.25, 0.3) is 0 Å². The Morgan fingerprint density at radius 3 is 2.34 bits per heavy atom. The Bertz CT molecular complexity index is 1150. The number of anilines is 1. The molecule has 1 heterocycles. The summed E-state index contributed by atoms with van der Waals surface area (Å²) in [4.78, 5) is 13.0. The van der Waals surface area contributed by atoms with Crippen molar-refractivity contribution in [2.24, 2.45) is 5.92 Å². The zero-order valence-electron chi connectivity index (χ0n) is 17.7. The maximum absolute atomic E-state index is 13.0. The van der Waals surface area contributed by atoms with E-state index < -0.39 is 15.9 Å². The van der Waals surface area contributed by atoms with Gasteiger partial charge < -0.3 is 10.1 Å². The average molecular weight is 451 g/mol. The van der Waals surface area contributed by atoms with Crippen molar-refractivity contribution in [3.8, 4) is 11.5 Å². The molecule has 3 aromatic carbocycles. The van der Waals surface area contributed by atoms with E-state index in [4.69, 9.17) is 4.74 Å². The van der Waals surface area contributed by atoms with Gasteiger partial charge in [-0.05, 0) is 42.7 Å². The van der Waals surface area contributed by atoms with Crippen LogP contribution in [0.1, 0.15) is 18.4 Å². The first-order chi connectivity index (χ1) is 15.5. The number of sulfonamides is 1. The minimum atomic E-state index is -3.50. The van der Waals surface area contributed by atoms with E-state index in [1.165, 1.54) is 4.31 Å². The van der Waals surface area contributed by atoms with Crippen LogP contribution in [0.4, 0.5) is 5.69 Å². The summed E-state index contributed by atoms with van der Waals surface area (Å²) >= 11 is 0. The highest BCUT2D eigenvalue weighted by molar-refractivity contribution is 7.88. The molecule has 0 radical (unpaired) electrons. The SMILES string of the molecule is O=C(Nc1ccccc1Oc1ccccc1)C1CCCN(S(=O)(=O)Cc2ccccc2)C1. The Hall–Kier alpha value is -3.16. The van der Waals surface area contributed by atoms with Crippen molar-refractivity contribution in [3.05, 3.63) is 90.5 Å². The minimum Gasteiger partial charge on any atom is -0.455 e. The number of hydrogen-bond acceptors (Lipinski definition) is 4. The maximum atomic E-state index is 13.0. The zero-order valence-corrected chi connectivity index (χ0v) is 18.5. The van der Waals surface area contributed by atoms with E-state index in [0.29, 0.717) is 36.6 Å². The molecule has 7 heteroatoms. The molecule has 0 bridgehead atoms. The fourth-order valence-electron chi connectivity index (χ4n) is 3.79. The summed E-state index contributed by atoms with van der Waals surface area (Å²) in [5.74, 6) is 0.532. The summed E-state index contributed by atoms with van der Waals surface area (Å²) in [6.45, 7) is 0.620. The first kappa shape index (κ1) is 22.0. The van der Waals surface area contributed by atoms with Crippen molar-refractivity contribution in [1.82, 2.24) is 4.31 Å². The molecule has 1 saturated heterocycles. The summed E-state index contributed by atoms with van der Waals surface area (Å²) in [6.07, 6.45) is 1.29. The van der Waals surface area contributed by atoms with Gasteiger partial charge in [0.1, 0.15) is 5.75 Å². The van der Waals surface area contributed by atoms with Crippen LogP contribution in [-0.2, 0) is 20.6 Å². The summed E-state index contributed by atoms with van der Waals surface area (Å²) < 4.78 is 33.2. The normalized spacial score (nSPS) is 16.9. The van der Waals surface area contributed by atoms with Gasteiger partial charge in [0.05, 0.1) is 17.4 Å². The third kappa shape index (κ3) is 5.55. The molecule has 0 aromatic heterocycles. The fourth-order valence-corrected chi connectivity index (χ4v) is 5.41. The molecule has 1 atom stereocenters. The molecular weight excluding hydrogens is 424 g/mol. The lowest BCUT2D eigenvalue weighted by atomic mass is 9.98. The predicted molar refractivity (Wildman–Crippen MR) is 125 cm³/mol. The molecule has 1 fully saturated rings. The van der Waals surface area contributed by atoms with Crippen LogP contribution in [0.2, 0.25) is 0 Å². The second kappa shape index (κ2) is 9.97. The second-order valence-corrected chi connectivity index (χ2v) is 9.81. The third-order valence-electron chi connectivity index (χ3n) is 5.46. The Morgan fingerprint density at radius 2 is 1.59 bits per heavy atom. The molecule has 1 unspecified atom stereocenters. The third-order valence-corrected chi connectivity index (χ3v) is 7.27. The van der Waals surface area contributed by atoms with E-state index >= 15 is 0 Å². The maximum Gasteiger partial charge on any atom is 0.228 e.